The van der Waals surface area contributed by atoms with E-state index in [0.717, 1.165) is 104 Å². The first-order valence-corrected chi connectivity index (χ1v) is 30.8. The van der Waals surface area contributed by atoms with Crippen molar-refractivity contribution >= 4 is 0 Å². The van der Waals surface area contributed by atoms with Crippen LogP contribution in [0.1, 0.15) is 224 Å². The third-order valence-electron chi connectivity index (χ3n) is 14.3. The summed E-state index contributed by atoms with van der Waals surface area (Å²) in [7, 11) is 0. The van der Waals surface area contributed by atoms with Crippen molar-refractivity contribution in [3.8, 4) is 47.4 Å². The second-order valence-corrected chi connectivity index (χ2v) is 21.4. The van der Waals surface area contributed by atoms with E-state index in [1.54, 1.807) is 0 Å². The first-order chi connectivity index (χ1) is 38.8. The highest BCUT2D eigenvalue weighted by Gasteiger charge is 2.03. The lowest BCUT2D eigenvalue weighted by atomic mass is 10.1. The molecule has 78 heavy (non-hydrogen) atoms. The molecule has 6 heteroatoms. The Morgan fingerprint density at radius 1 is 0.218 bits per heavy atom. The van der Waals surface area contributed by atoms with E-state index in [2.05, 4.69) is 155 Å². The molecule has 8 bridgehead atoms. The summed E-state index contributed by atoms with van der Waals surface area (Å²) in [6.07, 6.45) is 33.0. The number of hydrogen-bond donors (Lipinski definition) is 2. The molecule has 2 N–H and O–H groups in total. The van der Waals surface area contributed by atoms with Gasteiger partial charge in [-0.3, -0.25) is 0 Å². The van der Waals surface area contributed by atoms with Crippen LogP contribution in [0.25, 0.3) is 0 Å². The summed E-state index contributed by atoms with van der Waals surface area (Å²) in [5.74, 6) is 25.3. The smallest absolute Gasteiger partial charge is 0.0716 e. The van der Waals surface area contributed by atoms with Crippen molar-refractivity contribution in [3.63, 3.8) is 0 Å². The van der Waals surface area contributed by atoms with Gasteiger partial charge in [-0.1, -0.05) is 223 Å². The predicted octanol–water partition coefficient (Wildman–Crippen LogP) is 17.0. The fraction of sp³-hybridized carbons (Fsp3) is 0.556. The maximum atomic E-state index is 6.00. The molecule has 0 atom stereocenters. The Morgan fingerprint density at radius 3 is 0.615 bits per heavy atom. The molecule has 0 spiro atoms. The molecule has 4 aromatic carbocycles. The monoisotopic (exact) mass is 1050 g/mol. The molecule has 11 rings (SSSR count). The van der Waals surface area contributed by atoms with E-state index in [4.69, 9.17) is 18.9 Å². The molecular formula is C72H98N2O4. The Bertz CT molecular complexity index is 2010. The molecule has 0 aliphatic carbocycles. The van der Waals surface area contributed by atoms with Gasteiger partial charge in [-0.25, -0.2) is 0 Å². The van der Waals surface area contributed by atoms with Gasteiger partial charge in [0.25, 0.3) is 0 Å². The van der Waals surface area contributed by atoms with E-state index in [9.17, 15) is 0 Å². The molecule has 7 aliphatic rings. The molecule has 0 unspecified atom stereocenters. The molecule has 4 aromatic rings. The zero-order valence-corrected chi connectivity index (χ0v) is 48.2. The summed E-state index contributed by atoms with van der Waals surface area (Å²) in [4.78, 5) is 0. The average Bonchev–Trinajstić information content (AvgIpc) is 3.47. The van der Waals surface area contributed by atoms with Gasteiger partial charge < -0.3 is 29.6 Å². The second kappa shape index (κ2) is 45.7. The lowest BCUT2D eigenvalue weighted by Crippen LogP contribution is -2.12. The molecule has 0 fully saturated rings. The van der Waals surface area contributed by atoms with Crippen molar-refractivity contribution in [2.24, 2.45) is 0 Å². The Hall–Kier alpha value is -5.12. The van der Waals surface area contributed by atoms with Crippen LogP contribution < -0.4 is 10.6 Å². The summed E-state index contributed by atoms with van der Waals surface area (Å²) < 4.78 is 24.0. The molecule has 0 aromatic heterocycles. The number of ether oxygens (including phenoxy) is 4. The predicted molar refractivity (Wildman–Crippen MR) is 326 cm³/mol. The summed E-state index contributed by atoms with van der Waals surface area (Å²) in [5, 5.41) is 7.19. The van der Waals surface area contributed by atoms with Gasteiger partial charge in [0.1, 0.15) is 0 Å². The van der Waals surface area contributed by atoms with Crippen molar-refractivity contribution < 1.29 is 18.9 Å². The Balaban J connectivity index is 0.907. The molecule has 7 aliphatic heterocycles. The fourth-order valence-corrected chi connectivity index (χ4v) is 9.40. The van der Waals surface area contributed by atoms with E-state index in [0.29, 0.717) is 26.4 Å². The third-order valence-corrected chi connectivity index (χ3v) is 14.3. The van der Waals surface area contributed by atoms with Crippen LogP contribution in [-0.2, 0) is 71.6 Å². The van der Waals surface area contributed by atoms with Crippen molar-refractivity contribution in [2.75, 3.05) is 26.4 Å². The standard InChI is InChI=1S/C72H98N2O4/c1-2-6-10-14-18-22-26-30-34-54-76-62-70-47-39-66(40-48-70)58-74-60-68-43-51-72(52-44-68)64-78-56-36-32-28-24-20-16-12-8-4-3-7-11-15-19-23-27-31-35-55-77-63-71-49-41-67(42-50-71)59-73-57-65-37-45-69(46-38-65)61-75-53-33-29-25-21-17-13-9-5-1/h37-52,73-74H,9-36,53-64H2. The summed E-state index contributed by atoms with van der Waals surface area (Å²) in [6, 6.07) is 35.3. The van der Waals surface area contributed by atoms with Gasteiger partial charge in [-0.05, 0) is 120 Å². The molecule has 6 nitrogen and oxygen atoms in total. The van der Waals surface area contributed by atoms with Gasteiger partial charge >= 0.3 is 0 Å². The van der Waals surface area contributed by atoms with Gasteiger partial charge in [0.05, 0.1) is 26.4 Å². The first kappa shape index (κ1) is 63.7. The topological polar surface area (TPSA) is 61.0 Å². The van der Waals surface area contributed by atoms with Crippen molar-refractivity contribution in [1.82, 2.24) is 10.6 Å². The number of hydrogen-bond acceptors (Lipinski definition) is 6. The molecule has 0 saturated carbocycles. The average molecular weight is 1060 g/mol. The minimum absolute atomic E-state index is 0.681. The molecule has 0 amide bonds. The Labute approximate surface area is 475 Å². The highest BCUT2D eigenvalue weighted by molar-refractivity contribution is 5.28. The van der Waals surface area contributed by atoms with Crippen LogP contribution in [0.15, 0.2) is 97.1 Å². The van der Waals surface area contributed by atoms with Crippen molar-refractivity contribution in [3.05, 3.63) is 142 Å². The van der Waals surface area contributed by atoms with E-state index in [1.807, 2.05) is 0 Å². The van der Waals surface area contributed by atoms with Crippen LogP contribution in [0.3, 0.4) is 0 Å². The lowest BCUT2D eigenvalue weighted by Gasteiger charge is -2.09. The van der Waals surface area contributed by atoms with Crippen LogP contribution in [-0.4, -0.2) is 26.4 Å². The minimum Gasteiger partial charge on any atom is -0.377 e. The zero-order chi connectivity index (χ0) is 54.1. The minimum atomic E-state index is 0.681. The third kappa shape index (κ3) is 34.0. The molecular weight excluding hydrogens is 957 g/mol. The quantitative estimate of drug-likeness (QED) is 0.171. The van der Waals surface area contributed by atoms with Crippen molar-refractivity contribution in [1.29, 1.82) is 0 Å². The van der Waals surface area contributed by atoms with Gasteiger partial charge in [0.2, 0.25) is 0 Å². The zero-order valence-electron chi connectivity index (χ0n) is 48.2. The first-order valence-electron chi connectivity index (χ1n) is 30.8. The fourth-order valence-electron chi connectivity index (χ4n) is 9.40. The summed E-state index contributed by atoms with van der Waals surface area (Å²) in [5.41, 5.74) is 10.1. The Kier molecular flexibility index (Phi) is 37.3. The maximum absolute atomic E-state index is 6.00. The summed E-state index contributed by atoms with van der Waals surface area (Å²) in [6.45, 7) is 9.42. The Morgan fingerprint density at radius 2 is 0.397 bits per heavy atom. The maximum Gasteiger partial charge on any atom is 0.0716 e. The largest absolute Gasteiger partial charge is 0.377 e. The number of rotatable bonds is 0. The lowest BCUT2D eigenvalue weighted by molar-refractivity contribution is 0.116. The van der Waals surface area contributed by atoms with Crippen LogP contribution in [0.2, 0.25) is 0 Å². The van der Waals surface area contributed by atoms with Crippen LogP contribution in [0.5, 0.6) is 0 Å². The second-order valence-electron chi connectivity index (χ2n) is 21.4. The van der Waals surface area contributed by atoms with E-state index in [1.165, 1.54) is 173 Å². The van der Waals surface area contributed by atoms with E-state index < -0.39 is 0 Å². The van der Waals surface area contributed by atoms with Gasteiger partial charge in [-0.2, -0.15) is 0 Å². The molecule has 0 saturated heterocycles. The molecule has 7 heterocycles. The van der Waals surface area contributed by atoms with Crippen LogP contribution in [0.4, 0.5) is 0 Å². The van der Waals surface area contributed by atoms with Crippen LogP contribution in [0, 0.1) is 47.4 Å². The summed E-state index contributed by atoms with van der Waals surface area (Å²) >= 11 is 0. The normalized spacial score (nSPS) is 18.5. The molecule has 420 valence electrons. The van der Waals surface area contributed by atoms with E-state index >= 15 is 0 Å². The van der Waals surface area contributed by atoms with Gasteiger partial charge in [0.15, 0.2) is 0 Å². The van der Waals surface area contributed by atoms with E-state index in [-0.39, 0.29) is 0 Å². The molecule has 0 radical (unpaired) electrons. The highest BCUT2D eigenvalue weighted by Crippen LogP contribution is 2.15. The van der Waals surface area contributed by atoms with Gasteiger partial charge in [0, 0.05) is 78.3 Å². The van der Waals surface area contributed by atoms with Gasteiger partial charge in [-0.15, -0.1) is 0 Å². The number of benzene rings is 4. The van der Waals surface area contributed by atoms with Crippen LogP contribution >= 0.6 is 0 Å². The highest BCUT2D eigenvalue weighted by atomic mass is 16.5. The van der Waals surface area contributed by atoms with Crippen molar-refractivity contribution in [2.45, 2.75) is 232 Å². The SMILES string of the molecule is C1#CCCCCCCCCOCc2ccc(cc2)CNCc2ccc(cc2)COCCCCCCCCC#CC#CCCCCCCCCOCc2ccc(cc2)CNCc2ccc(cc2)COCCCCCCCCC#C1. The number of nitrogens with one attached hydrogen (secondary N) is 2.